The third-order valence-corrected chi connectivity index (χ3v) is 4.98. The highest BCUT2D eigenvalue weighted by atomic mass is 32.2. The van der Waals surface area contributed by atoms with Crippen LogP contribution in [0.3, 0.4) is 0 Å². The Morgan fingerprint density at radius 3 is 2.44 bits per heavy atom. The topological polar surface area (TPSA) is 76.0 Å². The molecule has 1 heterocycles. The van der Waals surface area contributed by atoms with Gasteiger partial charge in [0.1, 0.15) is 16.4 Å². The van der Waals surface area contributed by atoms with Crippen LogP contribution in [-0.4, -0.2) is 28.6 Å². The summed E-state index contributed by atoms with van der Waals surface area (Å²) in [4.78, 5) is 28.7. The van der Waals surface area contributed by atoms with Crippen molar-refractivity contribution in [3.63, 3.8) is 0 Å². The SMILES string of the molecule is CCCC(=O)N=C1S/C(=C\c2ccc(C(C)C)cc2)C(O)=C1C(=O)OCC. The van der Waals surface area contributed by atoms with Crippen molar-refractivity contribution in [3.8, 4) is 0 Å². The smallest absolute Gasteiger partial charge is 0.344 e. The summed E-state index contributed by atoms with van der Waals surface area (Å²) in [6.45, 7) is 7.98. The van der Waals surface area contributed by atoms with Gasteiger partial charge >= 0.3 is 5.97 Å². The van der Waals surface area contributed by atoms with Gasteiger partial charge in [-0.25, -0.2) is 9.79 Å². The maximum Gasteiger partial charge on any atom is 0.344 e. The lowest BCUT2D eigenvalue weighted by Gasteiger charge is -2.05. The molecule has 1 aliphatic heterocycles. The average molecular weight is 388 g/mol. The van der Waals surface area contributed by atoms with Crippen LogP contribution in [-0.2, 0) is 14.3 Å². The zero-order valence-electron chi connectivity index (χ0n) is 16.1. The molecule has 5 nitrogen and oxygen atoms in total. The molecular formula is C21H25NO4S. The molecule has 0 unspecified atom stereocenters. The van der Waals surface area contributed by atoms with Crippen molar-refractivity contribution in [2.24, 2.45) is 4.99 Å². The predicted octanol–water partition coefficient (Wildman–Crippen LogP) is 5.00. The van der Waals surface area contributed by atoms with Crippen LogP contribution in [0.2, 0.25) is 0 Å². The second-order valence-corrected chi connectivity index (χ2v) is 7.47. The Balaban J connectivity index is 2.39. The zero-order chi connectivity index (χ0) is 20.0. The van der Waals surface area contributed by atoms with Gasteiger partial charge in [0.15, 0.2) is 0 Å². The summed E-state index contributed by atoms with van der Waals surface area (Å²) in [6.07, 6.45) is 2.72. The lowest BCUT2D eigenvalue weighted by molar-refractivity contribution is -0.138. The fourth-order valence-corrected chi connectivity index (χ4v) is 3.53. The Kier molecular flexibility index (Phi) is 7.42. The number of benzene rings is 1. The van der Waals surface area contributed by atoms with E-state index in [-0.39, 0.29) is 35.3 Å². The second-order valence-electron chi connectivity index (χ2n) is 6.44. The molecule has 1 amide bonds. The lowest BCUT2D eigenvalue weighted by Crippen LogP contribution is -2.14. The number of carbonyl (C=O) groups excluding carboxylic acids is 2. The molecule has 0 atom stereocenters. The maximum absolute atomic E-state index is 12.3. The molecule has 6 heteroatoms. The van der Waals surface area contributed by atoms with Gasteiger partial charge in [0, 0.05) is 6.42 Å². The fourth-order valence-electron chi connectivity index (χ4n) is 2.50. The molecular weight excluding hydrogens is 362 g/mol. The monoisotopic (exact) mass is 387 g/mol. The number of aliphatic imine (C=N–C) groups is 1. The summed E-state index contributed by atoms with van der Waals surface area (Å²) in [7, 11) is 0. The van der Waals surface area contributed by atoms with E-state index in [0.29, 0.717) is 17.2 Å². The first-order valence-electron chi connectivity index (χ1n) is 9.09. The van der Waals surface area contributed by atoms with Gasteiger partial charge in [-0.05, 0) is 36.5 Å². The van der Waals surface area contributed by atoms with E-state index in [1.165, 1.54) is 5.56 Å². The molecule has 0 radical (unpaired) electrons. The summed E-state index contributed by atoms with van der Waals surface area (Å²) < 4.78 is 5.02. The predicted molar refractivity (Wildman–Crippen MR) is 110 cm³/mol. The van der Waals surface area contributed by atoms with Crippen molar-refractivity contribution in [2.45, 2.75) is 46.5 Å². The van der Waals surface area contributed by atoms with E-state index in [0.717, 1.165) is 17.3 Å². The molecule has 1 N–H and O–H groups in total. The van der Waals surface area contributed by atoms with Gasteiger partial charge < -0.3 is 9.84 Å². The number of nitrogens with zero attached hydrogens (tertiary/aromatic N) is 1. The van der Waals surface area contributed by atoms with E-state index in [1.54, 1.807) is 13.0 Å². The Labute approximate surface area is 164 Å². The van der Waals surface area contributed by atoms with Crippen LogP contribution in [0, 0.1) is 0 Å². The van der Waals surface area contributed by atoms with Gasteiger partial charge in [-0.2, -0.15) is 0 Å². The Morgan fingerprint density at radius 2 is 1.89 bits per heavy atom. The lowest BCUT2D eigenvalue weighted by atomic mass is 10.0. The van der Waals surface area contributed by atoms with Gasteiger partial charge in [0.25, 0.3) is 0 Å². The molecule has 0 aliphatic carbocycles. The number of hydrogen-bond donors (Lipinski definition) is 1. The molecule has 2 rings (SSSR count). The van der Waals surface area contributed by atoms with E-state index < -0.39 is 5.97 Å². The minimum Gasteiger partial charge on any atom is -0.506 e. The second kappa shape index (κ2) is 9.55. The first-order valence-corrected chi connectivity index (χ1v) is 9.91. The summed E-state index contributed by atoms with van der Waals surface area (Å²) in [5, 5.41) is 10.7. The van der Waals surface area contributed by atoms with Crippen LogP contribution in [0.4, 0.5) is 0 Å². The molecule has 0 aromatic heterocycles. The highest BCUT2D eigenvalue weighted by molar-refractivity contribution is 8.18. The van der Waals surface area contributed by atoms with Gasteiger partial charge in [0.05, 0.1) is 11.5 Å². The molecule has 0 spiro atoms. The Morgan fingerprint density at radius 1 is 1.22 bits per heavy atom. The molecule has 1 aromatic carbocycles. The third kappa shape index (κ3) is 5.32. The van der Waals surface area contributed by atoms with Crippen LogP contribution < -0.4 is 0 Å². The van der Waals surface area contributed by atoms with Crippen LogP contribution >= 0.6 is 11.8 Å². The van der Waals surface area contributed by atoms with Crippen LogP contribution in [0.15, 0.2) is 45.5 Å². The van der Waals surface area contributed by atoms with Crippen molar-refractivity contribution in [1.82, 2.24) is 0 Å². The van der Waals surface area contributed by atoms with E-state index in [4.69, 9.17) is 4.74 Å². The molecule has 0 fully saturated rings. The average Bonchev–Trinajstić information content (AvgIpc) is 2.91. The molecule has 0 saturated carbocycles. The summed E-state index contributed by atoms with van der Waals surface area (Å²) in [5.74, 6) is -0.768. The van der Waals surface area contributed by atoms with Crippen molar-refractivity contribution in [1.29, 1.82) is 0 Å². The van der Waals surface area contributed by atoms with Crippen LogP contribution in [0.25, 0.3) is 6.08 Å². The van der Waals surface area contributed by atoms with Crippen molar-refractivity contribution < 1.29 is 19.4 Å². The maximum atomic E-state index is 12.3. The zero-order valence-corrected chi connectivity index (χ0v) is 16.9. The Bertz CT molecular complexity index is 804. The quantitative estimate of drug-likeness (QED) is 0.695. The summed E-state index contributed by atoms with van der Waals surface area (Å²) in [6, 6.07) is 7.97. The number of hydrogen-bond acceptors (Lipinski definition) is 5. The van der Waals surface area contributed by atoms with Gasteiger partial charge in [-0.15, -0.1) is 0 Å². The molecule has 27 heavy (non-hydrogen) atoms. The number of rotatable bonds is 6. The normalized spacial score (nSPS) is 17.2. The highest BCUT2D eigenvalue weighted by Crippen LogP contribution is 2.39. The van der Waals surface area contributed by atoms with Crippen LogP contribution in [0.1, 0.15) is 57.6 Å². The first kappa shape index (κ1) is 21.0. The number of thioether (sulfide) groups is 1. The number of aliphatic hydroxyl groups is 1. The van der Waals surface area contributed by atoms with Crippen molar-refractivity contribution >= 4 is 34.8 Å². The standard InChI is InChI=1S/C21H25NO4S/c1-5-7-17(23)22-20-18(21(25)26-6-2)19(24)16(27-20)12-14-8-10-15(11-9-14)13(3)4/h8-13,24H,5-7H2,1-4H3/b16-12-,22-20?. The number of ether oxygens (including phenoxy) is 1. The number of esters is 1. The van der Waals surface area contributed by atoms with Crippen LogP contribution in [0.5, 0.6) is 0 Å². The molecule has 0 bridgehead atoms. The molecule has 1 aliphatic rings. The van der Waals surface area contributed by atoms with E-state index in [2.05, 4.69) is 18.8 Å². The molecule has 144 valence electrons. The summed E-state index contributed by atoms with van der Waals surface area (Å²) in [5.41, 5.74) is 2.06. The minimum atomic E-state index is -0.677. The molecule has 1 aromatic rings. The molecule has 0 saturated heterocycles. The van der Waals surface area contributed by atoms with Gasteiger partial charge in [0.2, 0.25) is 5.91 Å². The van der Waals surface area contributed by atoms with Gasteiger partial charge in [-0.1, -0.05) is 56.8 Å². The summed E-state index contributed by atoms with van der Waals surface area (Å²) >= 11 is 1.11. The number of carbonyl (C=O) groups is 2. The largest absolute Gasteiger partial charge is 0.506 e. The van der Waals surface area contributed by atoms with Gasteiger partial charge in [-0.3, -0.25) is 4.79 Å². The highest BCUT2D eigenvalue weighted by Gasteiger charge is 2.33. The third-order valence-electron chi connectivity index (χ3n) is 3.96. The van der Waals surface area contributed by atoms with Crippen molar-refractivity contribution in [3.05, 3.63) is 51.6 Å². The fraction of sp³-hybridized carbons (Fsp3) is 0.381. The van der Waals surface area contributed by atoms with Crippen molar-refractivity contribution in [2.75, 3.05) is 6.61 Å². The first-order chi connectivity index (χ1) is 12.9. The number of aliphatic hydroxyl groups excluding tert-OH is 1. The van der Waals surface area contributed by atoms with E-state index >= 15 is 0 Å². The van der Waals surface area contributed by atoms with E-state index in [1.807, 2.05) is 31.2 Å². The van der Waals surface area contributed by atoms with E-state index in [9.17, 15) is 14.7 Å². The Hall–Kier alpha value is -2.34. The number of amides is 1. The minimum absolute atomic E-state index is 0.0450.